The van der Waals surface area contributed by atoms with E-state index in [1.54, 1.807) is 24.3 Å². The summed E-state index contributed by atoms with van der Waals surface area (Å²) in [4.78, 5) is 40.6. The van der Waals surface area contributed by atoms with E-state index in [2.05, 4.69) is 10.6 Å². The first-order chi connectivity index (χ1) is 16.6. The normalized spacial score (nSPS) is 10.9. The van der Waals surface area contributed by atoms with Gasteiger partial charge < -0.3 is 20.4 Å². The van der Waals surface area contributed by atoms with Crippen molar-refractivity contribution in [2.75, 3.05) is 38.8 Å². The van der Waals surface area contributed by atoms with Crippen molar-refractivity contribution in [1.82, 2.24) is 9.80 Å². The Morgan fingerprint density at radius 1 is 0.714 bits per heavy atom. The highest BCUT2D eigenvalue weighted by Crippen LogP contribution is 2.21. The van der Waals surface area contributed by atoms with Crippen molar-refractivity contribution in [2.45, 2.75) is 13.1 Å². The molecule has 0 radical (unpaired) electrons. The molecule has 0 saturated heterocycles. The van der Waals surface area contributed by atoms with Crippen molar-refractivity contribution < 1.29 is 14.5 Å². The number of nitro groups is 1. The lowest BCUT2D eigenvalue weighted by Gasteiger charge is -2.12. The molecule has 2 N–H and O–H groups in total. The van der Waals surface area contributed by atoms with Gasteiger partial charge in [-0.1, -0.05) is 24.3 Å². The lowest BCUT2D eigenvalue weighted by atomic mass is 10.1. The number of nitrogens with zero attached hydrogens (tertiary/aromatic N) is 3. The van der Waals surface area contributed by atoms with Crippen molar-refractivity contribution in [2.24, 2.45) is 0 Å². The largest absolute Gasteiger partial charge is 0.322 e. The van der Waals surface area contributed by atoms with Crippen LogP contribution in [0, 0.1) is 10.1 Å². The van der Waals surface area contributed by atoms with Crippen LogP contribution in [0.25, 0.3) is 0 Å². The van der Waals surface area contributed by atoms with Crippen molar-refractivity contribution in [3.63, 3.8) is 0 Å². The van der Waals surface area contributed by atoms with Gasteiger partial charge in [-0.2, -0.15) is 0 Å². The third-order valence-electron chi connectivity index (χ3n) is 5.07. The maximum Gasteiger partial charge on any atom is 0.271 e. The Labute approximate surface area is 204 Å². The minimum atomic E-state index is -0.625. The summed E-state index contributed by atoms with van der Waals surface area (Å²) >= 11 is 0. The molecule has 0 unspecified atom stereocenters. The van der Waals surface area contributed by atoms with Crippen LogP contribution in [0.3, 0.4) is 0 Å². The molecule has 3 aromatic rings. The van der Waals surface area contributed by atoms with E-state index >= 15 is 0 Å². The number of benzene rings is 3. The molecule has 3 aromatic carbocycles. The molecule has 0 aliphatic rings. The first-order valence-corrected chi connectivity index (χ1v) is 11.0. The van der Waals surface area contributed by atoms with Gasteiger partial charge in [0.05, 0.1) is 4.92 Å². The topological polar surface area (TPSA) is 108 Å². The number of rotatable bonds is 9. The molecule has 2 amide bonds. The van der Waals surface area contributed by atoms with Crippen molar-refractivity contribution in [3.05, 3.63) is 99.1 Å². The third kappa shape index (κ3) is 7.46. The zero-order chi connectivity index (χ0) is 25.5. The van der Waals surface area contributed by atoms with Crippen LogP contribution in [0.4, 0.5) is 17.1 Å². The Morgan fingerprint density at radius 3 is 1.40 bits per heavy atom. The van der Waals surface area contributed by atoms with Crippen LogP contribution in [-0.2, 0) is 13.1 Å². The predicted molar refractivity (Wildman–Crippen MR) is 137 cm³/mol. The molecule has 0 aliphatic carbocycles. The molecule has 0 saturated carbocycles. The van der Waals surface area contributed by atoms with Gasteiger partial charge in [0.1, 0.15) is 0 Å². The molecule has 0 heterocycles. The number of hydrogen-bond donors (Lipinski definition) is 2. The first kappa shape index (κ1) is 25.5. The molecule has 0 fully saturated rings. The number of carbonyl (C=O) groups excluding carboxylic acids is 2. The second kappa shape index (κ2) is 11.4. The summed E-state index contributed by atoms with van der Waals surface area (Å²) in [5.41, 5.74) is 2.95. The summed E-state index contributed by atoms with van der Waals surface area (Å²) in [7, 11) is 7.86. The fourth-order valence-electron chi connectivity index (χ4n) is 3.50. The molecule has 0 aromatic heterocycles. The maximum atomic E-state index is 12.8. The summed E-state index contributed by atoms with van der Waals surface area (Å²) in [5.74, 6) is -1.09. The Bertz CT molecular complexity index is 1120. The molecular weight excluding hydrogens is 446 g/mol. The van der Waals surface area contributed by atoms with Crippen LogP contribution in [0.5, 0.6) is 0 Å². The first-order valence-electron chi connectivity index (χ1n) is 11.0. The molecule has 9 nitrogen and oxygen atoms in total. The van der Waals surface area contributed by atoms with Crippen LogP contribution in [0.2, 0.25) is 0 Å². The number of hydrogen-bond acceptors (Lipinski definition) is 6. The average molecular weight is 476 g/mol. The van der Waals surface area contributed by atoms with Gasteiger partial charge in [0, 0.05) is 47.7 Å². The average Bonchev–Trinajstić information content (AvgIpc) is 2.80. The van der Waals surface area contributed by atoms with E-state index in [4.69, 9.17) is 0 Å². The van der Waals surface area contributed by atoms with Gasteiger partial charge in [-0.3, -0.25) is 19.7 Å². The number of non-ortho nitro benzene ring substituents is 1. The Balaban J connectivity index is 1.77. The lowest BCUT2D eigenvalue weighted by Crippen LogP contribution is -2.16. The quantitative estimate of drug-likeness (QED) is 0.354. The van der Waals surface area contributed by atoms with Crippen LogP contribution in [0.1, 0.15) is 31.8 Å². The molecule has 35 heavy (non-hydrogen) atoms. The summed E-state index contributed by atoms with van der Waals surface area (Å²) in [5, 5.41) is 16.9. The monoisotopic (exact) mass is 475 g/mol. The highest BCUT2D eigenvalue weighted by Gasteiger charge is 2.18. The smallest absolute Gasteiger partial charge is 0.271 e. The molecular formula is C26H29N5O4. The fraction of sp³-hybridized carbons (Fsp3) is 0.231. The van der Waals surface area contributed by atoms with E-state index in [1.807, 2.05) is 62.3 Å². The number of anilines is 2. The number of nitrogens with one attached hydrogen (secondary N) is 2. The van der Waals surface area contributed by atoms with Gasteiger partial charge in [-0.05, 0) is 69.6 Å². The maximum absolute atomic E-state index is 12.8. The second-order valence-corrected chi connectivity index (χ2v) is 8.80. The van der Waals surface area contributed by atoms with Crippen LogP contribution < -0.4 is 10.6 Å². The van der Waals surface area contributed by atoms with E-state index in [0.29, 0.717) is 11.4 Å². The molecule has 0 aliphatic heterocycles. The van der Waals surface area contributed by atoms with Crippen molar-refractivity contribution in [1.29, 1.82) is 0 Å². The highest BCUT2D eigenvalue weighted by molar-refractivity contribution is 6.09. The number of carbonyl (C=O) groups is 2. The van der Waals surface area contributed by atoms with E-state index in [-0.39, 0.29) is 16.8 Å². The van der Waals surface area contributed by atoms with Gasteiger partial charge in [-0.25, -0.2) is 0 Å². The summed E-state index contributed by atoms with van der Waals surface area (Å²) in [6, 6.07) is 18.3. The molecule has 0 spiro atoms. The van der Waals surface area contributed by atoms with E-state index in [0.717, 1.165) is 36.3 Å². The zero-order valence-electron chi connectivity index (χ0n) is 20.2. The zero-order valence-corrected chi connectivity index (χ0v) is 20.2. The van der Waals surface area contributed by atoms with E-state index in [1.165, 1.54) is 6.07 Å². The van der Waals surface area contributed by atoms with Crippen molar-refractivity contribution >= 4 is 28.9 Å². The van der Waals surface area contributed by atoms with E-state index < -0.39 is 16.7 Å². The third-order valence-corrected chi connectivity index (χ3v) is 5.07. The standard InChI is InChI=1S/C26H29N5O4/c1-29(2)16-18-5-9-22(10-6-18)27-25(32)20-13-21(15-24(14-20)31(34)35)26(33)28-23-11-7-19(8-12-23)17-30(3)4/h5-15H,16-17H2,1-4H3,(H,27,32)(H,28,33). The number of amides is 2. The molecule has 3 rings (SSSR count). The van der Waals surface area contributed by atoms with Crippen LogP contribution >= 0.6 is 0 Å². The van der Waals surface area contributed by atoms with Gasteiger partial charge in [-0.15, -0.1) is 0 Å². The summed E-state index contributed by atoms with van der Waals surface area (Å²) < 4.78 is 0. The second-order valence-electron chi connectivity index (χ2n) is 8.80. The molecule has 9 heteroatoms. The minimum Gasteiger partial charge on any atom is -0.322 e. The van der Waals surface area contributed by atoms with E-state index in [9.17, 15) is 19.7 Å². The molecule has 0 bridgehead atoms. The Kier molecular flexibility index (Phi) is 8.30. The minimum absolute atomic E-state index is 0.0167. The predicted octanol–water partition coefficient (Wildman–Crippen LogP) is 4.22. The van der Waals surface area contributed by atoms with Crippen molar-refractivity contribution in [3.8, 4) is 0 Å². The molecule has 0 atom stereocenters. The Morgan fingerprint density at radius 2 is 1.09 bits per heavy atom. The number of nitro benzene ring substituents is 1. The Hall–Kier alpha value is -4.08. The van der Waals surface area contributed by atoms with Gasteiger partial charge in [0.2, 0.25) is 0 Å². The summed E-state index contributed by atoms with van der Waals surface area (Å²) in [6.07, 6.45) is 0. The van der Waals surface area contributed by atoms with Gasteiger partial charge in [0.25, 0.3) is 17.5 Å². The molecule has 182 valence electrons. The van der Waals surface area contributed by atoms with Crippen LogP contribution in [0.15, 0.2) is 66.7 Å². The van der Waals surface area contributed by atoms with Gasteiger partial charge in [0.15, 0.2) is 0 Å². The van der Waals surface area contributed by atoms with Gasteiger partial charge >= 0.3 is 0 Å². The fourth-order valence-corrected chi connectivity index (χ4v) is 3.50. The summed E-state index contributed by atoms with van der Waals surface area (Å²) in [6.45, 7) is 1.52. The highest BCUT2D eigenvalue weighted by atomic mass is 16.6. The lowest BCUT2D eigenvalue weighted by molar-refractivity contribution is -0.384. The van der Waals surface area contributed by atoms with Crippen LogP contribution in [-0.4, -0.2) is 54.7 Å². The SMILES string of the molecule is CN(C)Cc1ccc(NC(=O)c2cc(C(=O)Nc3ccc(CN(C)C)cc3)cc([N+](=O)[O-])c2)cc1.